The minimum absolute atomic E-state index is 0.587. The summed E-state index contributed by atoms with van der Waals surface area (Å²) in [5.74, 6) is 0. The first-order valence-corrected chi connectivity index (χ1v) is 9.40. The van der Waals surface area contributed by atoms with Gasteiger partial charge in [0.1, 0.15) is 4.70 Å². The maximum Gasteiger partial charge on any atom is 0.266 e. The quantitative estimate of drug-likeness (QED) is 0.600. The van der Waals surface area contributed by atoms with E-state index < -0.39 is 0 Å². The average Bonchev–Trinajstić information content (AvgIpc) is 3.13. The number of anilines is 1. The summed E-state index contributed by atoms with van der Waals surface area (Å²) in [6.45, 7) is 2.29. The molecular weight excluding hydrogens is 312 g/mol. The van der Waals surface area contributed by atoms with Crippen molar-refractivity contribution in [2.75, 3.05) is 19.0 Å². The molecule has 2 heterocycles. The molecule has 1 unspecified atom stereocenters. The monoisotopic (exact) mass is 335 g/mol. The molecule has 0 saturated heterocycles. The standard InChI is InChI=1S/C21H23N2S/c1-4-17-14-16(13-15-9-11-18(12-10-15)22(2)3)21-23(17)19-7-5-6-8-20(19)24-21/h5-13,17H,4,14H2,1-3H3/q+1. The van der Waals surface area contributed by atoms with E-state index in [0.29, 0.717) is 6.04 Å². The van der Waals surface area contributed by atoms with Gasteiger partial charge in [0.05, 0.1) is 0 Å². The number of para-hydroxylation sites is 1. The first kappa shape index (κ1) is 15.4. The van der Waals surface area contributed by atoms with Gasteiger partial charge in [0.15, 0.2) is 6.04 Å². The molecule has 0 aliphatic carbocycles. The summed E-state index contributed by atoms with van der Waals surface area (Å²) in [6, 6.07) is 18.2. The molecule has 0 saturated carbocycles. The Morgan fingerprint density at radius 1 is 1.12 bits per heavy atom. The van der Waals surface area contributed by atoms with Crippen LogP contribution in [0.1, 0.15) is 36.4 Å². The SMILES string of the molecule is CCC1CC(=Cc2ccc(N(C)C)cc2)c2sc3ccccc3[n+]21. The number of thiazole rings is 1. The predicted octanol–water partition coefficient (Wildman–Crippen LogP) is 5.15. The van der Waals surface area contributed by atoms with Gasteiger partial charge in [0, 0.05) is 44.3 Å². The van der Waals surface area contributed by atoms with E-state index in [1.807, 2.05) is 11.3 Å². The molecule has 1 aliphatic rings. The Balaban J connectivity index is 1.78. The molecule has 1 atom stereocenters. The molecule has 0 bridgehead atoms. The predicted molar refractivity (Wildman–Crippen MR) is 105 cm³/mol. The fourth-order valence-corrected chi connectivity index (χ4v) is 4.78. The zero-order valence-electron chi connectivity index (χ0n) is 14.5. The van der Waals surface area contributed by atoms with Crippen molar-refractivity contribution in [1.29, 1.82) is 0 Å². The van der Waals surface area contributed by atoms with E-state index >= 15 is 0 Å². The van der Waals surface area contributed by atoms with Crippen LogP contribution in [0.2, 0.25) is 0 Å². The van der Waals surface area contributed by atoms with Gasteiger partial charge in [-0.2, -0.15) is 4.57 Å². The van der Waals surface area contributed by atoms with Crippen molar-refractivity contribution in [3.63, 3.8) is 0 Å². The number of hydrogen-bond acceptors (Lipinski definition) is 2. The number of aromatic nitrogens is 1. The number of allylic oxidation sites excluding steroid dienone is 1. The Morgan fingerprint density at radius 2 is 1.88 bits per heavy atom. The van der Waals surface area contributed by atoms with Crippen molar-refractivity contribution >= 4 is 38.9 Å². The summed E-state index contributed by atoms with van der Waals surface area (Å²) in [6.07, 6.45) is 4.69. The second-order valence-electron chi connectivity index (χ2n) is 6.67. The summed E-state index contributed by atoms with van der Waals surface area (Å²) in [7, 11) is 4.16. The topological polar surface area (TPSA) is 7.12 Å². The van der Waals surface area contributed by atoms with Gasteiger partial charge >= 0.3 is 0 Å². The van der Waals surface area contributed by atoms with Gasteiger partial charge in [-0.1, -0.05) is 42.5 Å². The van der Waals surface area contributed by atoms with Gasteiger partial charge in [-0.15, -0.1) is 0 Å². The van der Waals surface area contributed by atoms with Crippen LogP contribution >= 0.6 is 11.3 Å². The molecule has 0 amide bonds. The number of fused-ring (bicyclic) bond motifs is 3. The fourth-order valence-electron chi connectivity index (χ4n) is 3.54. The molecule has 2 aromatic carbocycles. The first-order chi connectivity index (χ1) is 11.7. The van der Waals surface area contributed by atoms with E-state index in [-0.39, 0.29) is 0 Å². The Bertz CT molecular complexity index is 903. The molecule has 122 valence electrons. The Hall–Kier alpha value is -2.13. The van der Waals surface area contributed by atoms with Crippen LogP contribution in [0, 0.1) is 0 Å². The largest absolute Gasteiger partial charge is 0.378 e. The maximum absolute atomic E-state index is 2.56. The van der Waals surface area contributed by atoms with Gasteiger partial charge in [0.2, 0.25) is 5.52 Å². The highest BCUT2D eigenvalue weighted by Gasteiger charge is 2.37. The van der Waals surface area contributed by atoms with Crippen molar-refractivity contribution in [1.82, 2.24) is 0 Å². The van der Waals surface area contributed by atoms with E-state index in [2.05, 4.69) is 85.1 Å². The molecule has 0 fully saturated rings. The lowest BCUT2D eigenvalue weighted by Crippen LogP contribution is -2.35. The first-order valence-electron chi connectivity index (χ1n) is 8.58. The second-order valence-corrected chi connectivity index (χ2v) is 7.70. The molecule has 3 heteroatoms. The number of rotatable bonds is 3. The normalized spacial score (nSPS) is 18.3. The lowest BCUT2D eigenvalue weighted by atomic mass is 10.1. The van der Waals surface area contributed by atoms with Crippen molar-refractivity contribution in [3.8, 4) is 0 Å². The molecule has 24 heavy (non-hydrogen) atoms. The summed E-state index contributed by atoms with van der Waals surface area (Å²) in [5.41, 5.74) is 5.39. The van der Waals surface area contributed by atoms with Gasteiger partial charge in [-0.05, 0) is 29.8 Å². The zero-order chi connectivity index (χ0) is 16.7. The van der Waals surface area contributed by atoms with Crippen LogP contribution in [0.5, 0.6) is 0 Å². The minimum Gasteiger partial charge on any atom is -0.378 e. The lowest BCUT2D eigenvalue weighted by molar-refractivity contribution is -0.687. The molecule has 2 nitrogen and oxygen atoms in total. The van der Waals surface area contributed by atoms with E-state index in [1.165, 1.54) is 38.5 Å². The van der Waals surface area contributed by atoms with Crippen molar-refractivity contribution in [3.05, 3.63) is 59.1 Å². The maximum atomic E-state index is 2.56. The number of hydrogen-bond donors (Lipinski definition) is 0. The van der Waals surface area contributed by atoms with Gasteiger partial charge in [-0.25, -0.2) is 0 Å². The van der Waals surface area contributed by atoms with Crippen LogP contribution in [0.25, 0.3) is 21.9 Å². The van der Waals surface area contributed by atoms with Crippen molar-refractivity contribution < 1.29 is 4.57 Å². The Morgan fingerprint density at radius 3 is 2.58 bits per heavy atom. The third-order valence-electron chi connectivity index (χ3n) is 4.87. The van der Waals surface area contributed by atoms with Crippen LogP contribution in [-0.4, -0.2) is 14.1 Å². The van der Waals surface area contributed by atoms with Crippen LogP contribution in [0.4, 0.5) is 5.69 Å². The van der Waals surface area contributed by atoms with Crippen LogP contribution in [0.3, 0.4) is 0 Å². The minimum atomic E-state index is 0.587. The molecule has 0 N–H and O–H groups in total. The van der Waals surface area contributed by atoms with E-state index in [4.69, 9.17) is 0 Å². The Labute approximate surface area is 147 Å². The average molecular weight is 335 g/mol. The van der Waals surface area contributed by atoms with Crippen LogP contribution in [0.15, 0.2) is 48.5 Å². The number of nitrogens with zero attached hydrogens (tertiary/aromatic N) is 2. The third-order valence-corrected chi connectivity index (χ3v) is 6.08. The third kappa shape index (κ3) is 2.53. The summed E-state index contributed by atoms with van der Waals surface area (Å²) in [4.78, 5) is 2.14. The molecular formula is C21H23N2S+. The van der Waals surface area contributed by atoms with Gasteiger partial charge < -0.3 is 4.90 Å². The molecule has 0 spiro atoms. The van der Waals surface area contributed by atoms with Crippen LogP contribution < -0.4 is 9.47 Å². The highest BCUT2D eigenvalue weighted by molar-refractivity contribution is 7.19. The van der Waals surface area contributed by atoms with Gasteiger partial charge in [0.25, 0.3) is 5.01 Å². The highest BCUT2D eigenvalue weighted by Crippen LogP contribution is 2.39. The highest BCUT2D eigenvalue weighted by atomic mass is 32.1. The summed E-state index contributed by atoms with van der Waals surface area (Å²) < 4.78 is 3.94. The van der Waals surface area contributed by atoms with E-state index in [0.717, 1.165) is 6.42 Å². The Kier molecular flexibility index (Phi) is 3.89. The summed E-state index contributed by atoms with van der Waals surface area (Å²) >= 11 is 1.93. The molecule has 1 aromatic heterocycles. The van der Waals surface area contributed by atoms with Crippen LogP contribution in [-0.2, 0) is 0 Å². The second kappa shape index (κ2) is 6.06. The number of benzene rings is 2. The van der Waals surface area contributed by atoms with Crippen molar-refractivity contribution in [2.24, 2.45) is 0 Å². The summed E-state index contributed by atoms with van der Waals surface area (Å²) in [5, 5.41) is 1.43. The zero-order valence-corrected chi connectivity index (χ0v) is 15.3. The van der Waals surface area contributed by atoms with E-state index in [9.17, 15) is 0 Å². The molecule has 4 rings (SSSR count). The lowest BCUT2D eigenvalue weighted by Gasteiger charge is -2.11. The molecule has 0 radical (unpaired) electrons. The smallest absolute Gasteiger partial charge is 0.266 e. The molecule has 1 aliphatic heterocycles. The fraction of sp³-hybridized carbons (Fsp3) is 0.286. The molecule has 3 aromatic rings. The van der Waals surface area contributed by atoms with Gasteiger partial charge in [-0.3, -0.25) is 0 Å². The van der Waals surface area contributed by atoms with E-state index in [1.54, 1.807) is 0 Å². The van der Waals surface area contributed by atoms with Crippen molar-refractivity contribution in [2.45, 2.75) is 25.8 Å².